The number of unbranched alkanes of at least 4 members (excludes halogenated alkanes) is 35. The average Bonchev–Trinajstić information content (AvgIpc) is 3.22. The minimum atomic E-state index is -0.761. The van der Waals surface area contributed by atoms with Crippen LogP contribution >= 0.6 is 0 Å². The van der Waals surface area contributed by atoms with Gasteiger partial charge in [-0.05, 0) is 25.2 Å². The smallest absolute Gasteiger partial charge is 0.306 e. The lowest BCUT2D eigenvalue weighted by atomic mass is 10.0. The lowest BCUT2D eigenvalue weighted by Gasteiger charge is -2.18. The molecule has 6 heteroatoms. The second-order valence-corrected chi connectivity index (χ2v) is 18.6. The molecule has 0 aliphatic rings. The van der Waals surface area contributed by atoms with Crippen LogP contribution in [-0.4, -0.2) is 37.2 Å². The molecule has 0 aromatic rings. The van der Waals surface area contributed by atoms with Gasteiger partial charge in [0, 0.05) is 19.3 Å². The van der Waals surface area contributed by atoms with Gasteiger partial charge in [-0.15, -0.1) is 0 Å². The maximum atomic E-state index is 12.7. The molecule has 59 heavy (non-hydrogen) atoms. The summed E-state index contributed by atoms with van der Waals surface area (Å²) >= 11 is 0. The van der Waals surface area contributed by atoms with Gasteiger partial charge in [-0.1, -0.05) is 259 Å². The molecular weight excluding hydrogens is 733 g/mol. The van der Waals surface area contributed by atoms with E-state index in [1.807, 2.05) is 0 Å². The van der Waals surface area contributed by atoms with E-state index in [9.17, 15) is 14.4 Å². The van der Waals surface area contributed by atoms with Crippen molar-refractivity contribution in [2.45, 2.75) is 303 Å². The van der Waals surface area contributed by atoms with E-state index in [0.717, 1.165) is 63.7 Å². The average molecular weight is 835 g/mol. The molecule has 0 fully saturated rings. The van der Waals surface area contributed by atoms with Gasteiger partial charge in [0.05, 0.1) is 0 Å². The second kappa shape index (κ2) is 47.5. The van der Waals surface area contributed by atoms with Crippen LogP contribution in [-0.2, 0) is 28.6 Å². The van der Waals surface area contributed by atoms with Crippen LogP contribution < -0.4 is 0 Å². The third kappa shape index (κ3) is 47.3. The van der Waals surface area contributed by atoms with E-state index < -0.39 is 6.10 Å². The third-order valence-electron chi connectivity index (χ3n) is 12.0. The highest BCUT2D eigenvalue weighted by atomic mass is 16.6. The molecule has 0 spiro atoms. The quantitative estimate of drug-likeness (QED) is 0.0345. The number of carbonyl (C=O) groups is 3. The molecular formula is C53H102O6. The van der Waals surface area contributed by atoms with Crippen molar-refractivity contribution in [3.63, 3.8) is 0 Å². The fourth-order valence-corrected chi connectivity index (χ4v) is 8.04. The summed E-state index contributed by atoms with van der Waals surface area (Å²) in [6.45, 7) is 8.98. The highest BCUT2D eigenvalue weighted by Gasteiger charge is 2.19. The van der Waals surface area contributed by atoms with Gasteiger partial charge in [0.2, 0.25) is 0 Å². The Labute approximate surface area is 368 Å². The van der Waals surface area contributed by atoms with Crippen LogP contribution in [0.4, 0.5) is 0 Å². The first-order chi connectivity index (χ1) is 28.9. The predicted molar refractivity (Wildman–Crippen MR) is 252 cm³/mol. The first-order valence-electron chi connectivity index (χ1n) is 26.4. The van der Waals surface area contributed by atoms with E-state index in [0.29, 0.717) is 19.3 Å². The minimum absolute atomic E-state index is 0.0634. The van der Waals surface area contributed by atoms with Crippen LogP contribution in [0.5, 0.6) is 0 Å². The maximum Gasteiger partial charge on any atom is 0.306 e. The molecule has 0 unspecified atom stereocenters. The zero-order valence-electron chi connectivity index (χ0n) is 40.2. The van der Waals surface area contributed by atoms with Crippen molar-refractivity contribution in [3.05, 3.63) is 0 Å². The first kappa shape index (κ1) is 57.4. The molecule has 0 saturated carbocycles. The Morgan fingerprint density at radius 2 is 0.559 bits per heavy atom. The third-order valence-corrected chi connectivity index (χ3v) is 12.0. The van der Waals surface area contributed by atoms with Crippen molar-refractivity contribution < 1.29 is 28.6 Å². The lowest BCUT2D eigenvalue weighted by molar-refractivity contribution is -0.167. The van der Waals surface area contributed by atoms with Gasteiger partial charge in [-0.2, -0.15) is 0 Å². The molecule has 0 radical (unpaired) electrons. The summed E-state index contributed by atoms with van der Waals surface area (Å²) in [4.78, 5) is 37.9. The van der Waals surface area contributed by atoms with Crippen molar-refractivity contribution in [1.29, 1.82) is 0 Å². The van der Waals surface area contributed by atoms with Crippen LogP contribution in [0.15, 0.2) is 0 Å². The molecule has 0 amide bonds. The maximum absolute atomic E-state index is 12.7. The van der Waals surface area contributed by atoms with Gasteiger partial charge in [0.15, 0.2) is 6.10 Å². The van der Waals surface area contributed by atoms with E-state index in [-0.39, 0.29) is 31.1 Å². The highest BCUT2D eigenvalue weighted by Crippen LogP contribution is 2.17. The minimum Gasteiger partial charge on any atom is -0.462 e. The molecule has 0 bridgehead atoms. The molecule has 0 heterocycles. The summed E-state index contributed by atoms with van der Waals surface area (Å²) in [5, 5.41) is 0. The molecule has 1 atom stereocenters. The summed E-state index contributed by atoms with van der Waals surface area (Å²) in [6, 6.07) is 0. The predicted octanol–water partition coefficient (Wildman–Crippen LogP) is 17.1. The number of hydrogen-bond acceptors (Lipinski definition) is 6. The van der Waals surface area contributed by atoms with Crippen molar-refractivity contribution in [2.75, 3.05) is 13.2 Å². The number of ether oxygens (including phenoxy) is 3. The van der Waals surface area contributed by atoms with Crippen molar-refractivity contribution in [3.8, 4) is 0 Å². The van der Waals surface area contributed by atoms with Crippen molar-refractivity contribution in [1.82, 2.24) is 0 Å². The number of carbonyl (C=O) groups excluding carboxylic acids is 3. The zero-order valence-corrected chi connectivity index (χ0v) is 40.2. The largest absolute Gasteiger partial charge is 0.462 e. The molecule has 6 nitrogen and oxygen atoms in total. The highest BCUT2D eigenvalue weighted by molar-refractivity contribution is 5.71. The fourth-order valence-electron chi connectivity index (χ4n) is 8.04. The van der Waals surface area contributed by atoms with Crippen LogP contribution in [0.3, 0.4) is 0 Å². The van der Waals surface area contributed by atoms with E-state index in [1.54, 1.807) is 0 Å². The van der Waals surface area contributed by atoms with Crippen LogP contribution in [0.2, 0.25) is 0 Å². The molecule has 0 saturated heterocycles. The molecule has 0 aliphatic carbocycles. The summed E-state index contributed by atoms with van der Waals surface area (Å²) in [5.74, 6) is -0.0684. The zero-order chi connectivity index (χ0) is 43.1. The van der Waals surface area contributed by atoms with Crippen LogP contribution in [0.25, 0.3) is 0 Å². The van der Waals surface area contributed by atoms with Gasteiger partial charge in [-0.3, -0.25) is 14.4 Å². The molecule has 0 N–H and O–H groups in total. The lowest BCUT2D eigenvalue weighted by Crippen LogP contribution is -2.30. The Hall–Kier alpha value is -1.59. The normalized spacial score (nSPS) is 11.9. The number of esters is 3. The van der Waals surface area contributed by atoms with E-state index in [4.69, 9.17) is 14.2 Å². The Kier molecular flexibility index (Phi) is 46.2. The van der Waals surface area contributed by atoms with Gasteiger partial charge >= 0.3 is 17.9 Å². The molecule has 0 aromatic heterocycles. The van der Waals surface area contributed by atoms with E-state index in [2.05, 4.69) is 27.7 Å². The van der Waals surface area contributed by atoms with Crippen molar-refractivity contribution in [2.24, 2.45) is 5.92 Å². The second-order valence-electron chi connectivity index (χ2n) is 18.6. The standard InChI is InChI=1S/C53H102O6/c1-5-7-9-11-13-15-17-19-21-23-25-27-29-33-37-41-45-52(55)58-48-50(59-53(56)46-42-38-34-30-31-35-39-43-49(3)4)47-57-51(54)44-40-36-32-28-26-24-22-20-18-16-14-12-10-8-6-2/h49-50H,5-48H2,1-4H3/t50-/m0/s1. The Morgan fingerprint density at radius 3 is 0.831 bits per heavy atom. The molecule has 0 aliphatic heterocycles. The molecule has 0 aromatic carbocycles. The summed E-state index contributed by atoms with van der Waals surface area (Å²) in [6.07, 6.45) is 49.5. The van der Waals surface area contributed by atoms with Crippen molar-refractivity contribution >= 4 is 17.9 Å². The van der Waals surface area contributed by atoms with E-state index >= 15 is 0 Å². The van der Waals surface area contributed by atoms with Gasteiger partial charge in [0.1, 0.15) is 13.2 Å². The Morgan fingerprint density at radius 1 is 0.322 bits per heavy atom. The number of rotatable bonds is 48. The fraction of sp³-hybridized carbons (Fsp3) is 0.943. The van der Waals surface area contributed by atoms with E-state index in [1.165, 1.54) is 193 Å². The summed E-state index contributed by atoms with van der Waals surface area (Å²) < 4.78 is 16.8. The Balaban J connectivity index is 4.25. The van der Waals surface area contributed by atoms with Gasteiger partial charge in [0.25, 0.3) is 0 Å². The van der Waals surface area contributed by atoms with Crippen LogP contribution in [0, 0.1) is 5.92 Å². The molecule has 350 valence electrons. The Bertz CT molecular complexity index is 887. The van der Waals surface area contributed by atoms with Gasteiger partial charge in [-0.25, -0.2) is 0 Å². The SMILES string of the molecule is CCCCCCCCCCCCCCCCCCC(=O)OC[C@H](COC(=O)CCCCCCCCCCCCCCCCC)OC(=O)CCCCCCCCCC(C)C. The number of hydrogen-bond donors (Lipinski definition) is 0. The monoisotopic (exact) mass is 835 g/mol. The summed E-state index contributed by atoms with van der Waals surface area (Å²) in [5.41, 5.74) is 0. The molecule has 0 rings (SSSR count). The summed E-state index contributed by atoms with van der Waals surface area (Å²) in [7, 11) is 0. The first-order valence-corrected chi connectivity index (χ1v) is 26.4. The topological polar surface area (TPSA) is 78.9 Å². The van der Waals surface area contributed by atoms with Gasteiger partial charge < -0.3 is 14.2 Å². The van der Waals surface area contributed by atoms with Crippen LogP contribution in [0.1, 0.15) is 297 Å².